The van der Waals surface area contributed by atoms with Gasteiger partial charge in [-0.25, -0.2) is 4.98 Å². The van der Waals surface area contributed by atoms with Gasteiger partial charge in [0.25, 0.3) is 0 Å². The van der Waals surface area contributed by atoms with Crippen molar-refractivity contribution < 1.29 is 9.53 Å². The summed E-state index contributed by atoms with van der Waals surface area (Å²) in [6.45, 7) is 8.04. The van der Waals surface area contributed by atoms with Crippen molar-refractivity contribution >= 4 is 17.2 Å². The summed E-state index contributed by atoms with van der Waals surface area (Å²) in [6.07, 6.45) is 1.18. The number of thiazole rings is 1. The van der Waals surface area contributed by atoms with Gasteiger partial charge in [0.05, 0.1) is 29.8 Å². The van der Waals surface area contributed by atoms with E-state index in [1.54, 1.807) is 11.3 Å². The van der Waals surface area contributed by atoms with E-state index in [-0.39, 0.29) is 12.0 Å². The van der Waals surface area contributed by atoms with Gasteiger partial charge in [0, 0.05) is 37.5 Å². The van der Waals surface area contributed by atoms with Crippen LogP contribution in [0.2, 0.25) is 0 Å². The van der Waals surface area contributed by atoms with Crippen LogP contribution in [-0.4, -0.2) is 48.1 Å². The van der Waals surface area contributed by atoms with Crippen LogP contribution in [0.3, 0.4) is 0 Å². The summed E-state index contributed by atoms with van der Waals surface area (Å²) in [5.74, 6) is 0.0570. The van der Waals surface area contributed by atoms with Gasteiger partial charge in [0.2, 0.25) is 5.91 Å². The predicted octanol–water partition coefficient (Wildman–Crippen LogP) is 2.71. The molecule has 1 aromatic carbocycles. The third kappa shape index (κ3) is 5.62. The van der Waals surface area contributed by atoms with Gasteiger partial charge in [0.1, 0.15) is 0 Å². The molecule has 1 amide bonds. The minimum atomic E-state index is -0.0307. The molecule has 0 unspecified atom stereocenters. The number of carbonyl (C=O) groups is 1. The number of hydrogen-bond donors (Lipinski definition) is 1. The van der Waals surface area contributed by atoms with E-state index < -0.39 is 0 Å². The number of nitrogens with zero attached hydrogens (tertiary/aromatic N) is 2. The number of nitrogens with one attached hydrogen (secondary N) is 1. The van der Waals surface area contributed by atoms with E-state index in [1.807, 2.05) is 13.0 Å². The second-order valence-electron chi connectivity index (χ2n) is 6.77. The molecule has 5 nitrogen and oxygen atoms in total. The van der Waals surface area contributed by atoms with Crippen molar-refractivity contribution in [3.63, 3.8) is 0 Å². The van der Waals surface area contributed by atoms with E-state index in [0.29, 0.717) is 19.6 Å². The molecule has 1 aromatic heterocycles. The second-order valence-corrected chi connectivity index (χ2v) is 8.05. The van der Waals surface area contributed by atoms with Crippen LogP contribution >= 0.6 is 11.3 Å². The standard InChI is InChI=1S/C20H27N3O2S/c1-15-16(2)26-20(22-15)8-9-21-19(24)12-18-14-23(10-11-25-18)13-17-6-4-3-5-7-17/h3-7,18H,8-14H2,1-2H3,(H,21,24)/t18-/m0/s1. The number of hydrogen-bond acceptors (Lipinski definition) is 5. The Kier molecular flexibility index (Phi) is 6.77. The number of rotatable bonds is 7. The van der Waals surface area contributed by atoms with Crippen LogP contribution < -0.4 is 5.32 Å². The lowest BCUT2D eigenvalue weighted by atomic mass is 10.1. The van der Waals surface area contributed by atoms with E-state index in [0.717, 1.165) is 36.8 Å². The Hall–Kier alpha value is -1.76. The highest BCUT2D eigenvalue weighted by molar-refractivity contribution is 7.11. The fourth-order valence-electron chi connectivity index (χ4n) is 3.12. The van der Waals surface area contributed by atoms with Gasteiger partial charge in [-0.2, -0.15) is 0 Å². The lowest BCUT2D eigenvalue weighted by molar-refractivity contribution is -0.126. The van der Waals surface area contributed by atoms with Crippen LogP contribution in [0.1, 0.15) is 27.6 Å². The molecule has 0 bridgehead atoms. The Labute approximate surface area is 159 Å². The Bertz CT molecular complexity index is 698. The van der Waals surface area contributed by atoms with Gasteiger partial charge < -0.3 is 10.1 Å². The van der Waals surface area contributed by atoms with Gasteiger partial charge in [0.15, 0.2) is 0 Å². The highest BCUT2D eigenvalue weighted by Gasteiger charge is 2.22. The van der Waals surface area contributed by atoms with E-state index >= 15 is 0 Å². The van der Waals surface area contributed by atoms with Crippen molar-refractivity contribution in [2.24, 2.45) is 0 Å². The van der Waals surface area contributed by atoms with Crippen molar-refractivity contribution in [1.29, 1.82) is 0 Å². The first kappa shape index (κ1) is 19.0. The molecule has 140 valence electrons. The number of benzene rings is 1. The number of carbonyl (C=O) groups excluding carboxylic acids is 1. The largest absolute Gasteiger partial charge is 0.375 e. The van der Waals surface area contributed by atoms with Crippen molar-refractivity contribution in [3.05, 3.63) is 51.5 Å². The lowest BCUT2D eigenvalue weighted by Gasteiger charge is -2.32. The average molecular weight is 374 g/mol. The Balaban J connectivity index is 1.39. The molecule has 2 heterocycles. The zero-order valence-electron chi connectivity index (χ0n) is 15.5. The molecule has 1 aliphatic heterocycles. The Morgan fingerprint density at radius 1 is 1.35 bits per heavy atom. The average Bonchev–Trinajstić information content (AvgIpc) is 2.94. The van der Waals surface area contributed by atoms with Crippen molar-refractivity contribution in [1.82, 2.24) is 15.2 Å². The summed E-state index contributed by atoms with van der Waals surface area (Å²) in [7, 11) is 0. The fraction of sp³-hybridized carbons (Fsp3) is 0.500. The monoisotopic (exact) mass is 373 g/mol. The summed E-state index contributed by atoms with van der Waals surface area (Å²) in [5.41, 5.74) is 2.39. The first-order chi connectivity index (χ1) is 12.6. The van der Waals surface area contributed by atoms with Crippen LogP contribution in [0.4, 0.5) is 0 Å². The van der Waals surface area contributed by atoms with Gasteiger partial charge >= 0.3 is 0 Å². The highest BCUT2D eigenvalue weighted by Crippen LogP contribution is 2.16. The quantitative estimate of drug-likeness (QED) is 0.811. The minimum absolute atomic E-state index is 0.0307. The first-order valence-corrected chi connectivity index (χ1v) is 9.99. The molecule has 1 atom stereocenters. The molecule has 0 radical (unpaired) electrons. The zero-order chi connectivity index (χ0) is 18.4. The Morgan fingerprint density at radius 2 is 2.15 bits per heavy atom. The maximum Gasteiger partial charge on any atom is 0.222 e. The number of morpholine rings is 1. The third-order valence-corrected chi connectivity index (χ3v) is 5.75. The van der Waals surface area contributed by atoms with Crippen LogP contribution in [0.15, 0.2) is 30.3 Å². The van der Waals surface area contributed by atoms with Gasteiger partial charge in [-0.1, -0.05) is 30.3 Å². The summed E-state index contributed by atoms with van der Waals surface area (Å²) in [5, 5.41) is 4.09. The number of amides is 1. The summed E-state index contributed by atoms with van der Waals surface area (Å²) < 4.78 is 5.79. The first-order valence-electron chi connectivity index (χ1n) is 9.17. The molecule has 1 saturated heterocycles. The summed E-state index contributed by atoms with van der Waals surface area (Å²) in [6, 6.07) is 10.4. The molecule has 1 fully saturated rings. The molecule has 1 N–H and O–H groups in total. The second kappa shape index (κ2) is 9.26. The number of aromatic nitrogens is 1. The summed E-state index contributed by atoms with van der Waals surface area (Å²) >= 11 is 1.71. The van der Waals surface area contributed by atoms with Crippen LogP contribution in [0, 0.1) is 13.8 Å². The van der Waals surface area contributed by atoms with Crippen LogP contribution in [0.5, 0.6) is 0 Å². The van der Waals surface area contributed by atoms with Crippen LogP contribution in [-0.2, 0) is 22.5 Å². The van der Waals surface area contributed by atoms with E-state index in [9.17, 15) is 4.79 Å². The molecule has 2 aromatic rings. The maximum absolute atomic E-state index is 12.2. The molecule has 1 aliphatic rings. The minimum Gasteiger partial charge on any atom is -0.375 e. The molecule has 0 spiro atoms. The molecule has 26 heavy (non-hydrogen) atoms. The number of aryl methyl sites for hydroxylation is 2. The maximum atomic E-state index is 12.2. The van der Waals surface area contributed by atoms with Gasteiger partial charge in [-0.15, -0.1) is 11.3 Å². The van der Waals surface area contributed by atoms with Crippen molar-refractivity contribution in [2.45, 2.75) is 39.3 Å². The Morgan fingerprint density at radius 3 is 2.88 bits per heavy atom. The third-order valence-electron chi connectivity index (χ3n) is 4.62. The molecular weight excluding hydrogens is 346 g/mol. The highest BCUT2D eigenvalue weighted by atomic mass is 32.1. The smallest absolute Gasteiger partial charge is 0.222 e. The van der Waals surface area contributed by atoms with E-state index in [2.05, 4.69) is 46.4 Å². The van der Waals surface area contributed by atoms with E-state index in [1.165, 1.54) is 10.4 Å². The molecule has 6 heteroatoms. The van der Waals surface area contributed by atoms with Crippen molar-refractivity contribution in [3.8, 4) is 0 Å². The van der Waals surface area contributed by atoms with Crippen molar-refractivity contribution in [2.75, 3.05) is 26.2 Å². The molecule has 0 saturated carbocycles. The predicted molar refractivity (Wildman–Crippen MR) is 104 cm³/mol. The topological polar surface area (TPSA) is 54.5 Å². The van der Waals surface area contributed by atoms with Gasteiger partial charge in [-0.05, 0) is 19.4 Å². The lowest BCUT2D eigenvalue weighted by Crippen LogP contribution is -2.44. The SMILES string of the molecule is Cc1nc(CCNC(=O)C[C@H]2CN(Cc3ccccc3)CCO2)sc1C. The number of ether oxygens (including phenoxy) is 1. The molecule has 3 rings (SSSR count). The van der Waals surface area contributed by atoms with Crippen LogP contribution in [0.25, 0.3) is 0 Å². The zero-order valence-corrected chi connectivity index (χ0v) is 16.3. The molecule has 0 aliphatic carbocycles. The summed E-state index contributed by atoms with van der Waals surface area (Å²) in [4.78, 5) is 20.3. The molecular formula is C20H27N3O2S. The normalized spacial score (nSPS) is 18.0. The van der Waals surface area contributed by atoms with Gasteiger partial charge in [-0.3, -0.25) is 9.69 Å². The van der Waals surface area contributed by atoms with E-state index in [4.69, 9.17) is 4.74 Å². The fourth-order valence-corrected chi connectivity index (χ4v) is 4.06.